The van der Waals surface area contributed by atoms with Gasteiger partial charge in [-0.05, 0) is 0 Å². The molecule has 0 bridgehead atoms. The fourth-order valence-corrected chi connectivity index (χ4v) is 1.56. The van der Waals surface area contributed by atoms with Crippen molar-refractivity contribution in [2.24, 2.45) is 0 Å². The summed E-state index contributed by atoms with van der Waals surface area (Å²) in [5.41, 5.74) is 0. The van der Waals surface area contributed by atoms with Gasteiger partial charge in [-0.3, -0.25) is 14.9 Å². The molecule has 2 heterocycles. The SMILES string of the molecule is COCc1nc(CNC(=O)CN2CC(=O)NC2=O)no1. The zero-order valence-electron chi connectivity index (χ0n) is 10.7. The average Bonchev–Trinajstić information content (AvgIpc) is 2.95. The van der Waals surface area contributed by atoms with Gasteiger partial charge in [-0.1, -0.05) is 5.16 Å². The normalized spacial score (nSPS) is 14.6. The smallest absolute Gasteiger partial charge is 0.325 e. The molecule has 108 valence electrons. The lowest BCUT2D eigenvalue weighted by Gasteiger charge is -2.11. The van der Waals surface area contributed by atoms with Crippen LogP contribution < -0.4 is 10.6 Å². The van der Waals surface area contributed by atoms with E-state index in [1.54, 1.807) is 0 Å². The molecule has 20 heavy (non-hydrogen) atoms. The van der Waals surface area contributed by atoms with Gasteiger partial charge in [-0.25, -0.2) is 4.79 Å². The van der Waals surface area contributed by atoms with Crippen LogP contribution in [0.15, 0.2) is 4.52 Å². The van der Waals surface area contributed by atoms with Crippen molar-refractivity contribution < 1.29 is 23.6 Å². The molecule has 1 aromatic rings. The van der Waals surface area contributed by atoms with Crippen LogP contribution in [0.25, 0.3) is 0 Å². The van der Waals surface area contributed by atoms with Crippen LogP contribution >= 0.6 is 0 Å². The molecule has 1 aliphatic heterocycles. The zero-order chi connectivity index (χ0) is 14.5. The van der Waals surface area contributed by atoms with Gasteiger partial charge in [0.05, 0.1) is 6.54 Å². The first-order valence-electron chi connectivity index (χ1n) is 5.74. The standard InChI is InChI=1S/C10H13N5O5/c1-19-5-9-12-6(14-20-9)2-11-7(16)3-15-4-8(17)13-10(15)18/h2-5H2,1H3,(H,11,16)(H,13,17,18). The third kappa shape index (κ3) is 3.51. The molecule has 0 radical (unpaired) electrons. The molecule has 0 saturated carbocycles. The molecule has 4 amide bonds. The van der Waals surface area contributed by atoms with E-state index in [-0.39, 0.29) is 26.2 Å². The number of carbonyl (C=O) groups excluding carboxylic acids is 3. The summed E-state index contributed by atoms with van der Waals surface area (Å²) in [4.78, 5) is 38.8. The highest BCUT2D eigenvalue weighted by atomic mass is 16.5. The Hall–Kier alpha value is -2.49. The van der Waals surface area contributed by atoms with Crippen LogP contribution in [0, 0.1) is 0 Å². The average molecular weight is 283 g/mol. The van der Waals surface area contributed by atoms with E-state index in [1.807, 2.05) is 0 Å². The Morgan fingerprint density at radius 2 is 2.35 bits per heavy atom. The molecule has 1 aromatic heterocycles. The molecule has 2 rings (SSSR count). The lowest BCUT2D eigenvalue weighted by atomic mass is 10.4. The number of rotatable bonds is 6. The number of hydrogen-bond acceptors (Lipinski definition) is 7. The highest BCUT2D eigenvalue weighted by Gasteiger charge is 2.28. The van der Waals surface area contributed by atoms with Crippen molar-refractivity contribution in [2.75, 3.05) is 20.2 Å². The van der Waals surface area contributed by atoms with Crippen molar-refractivity contribution in [3.05, 3.63) is 11.7 Å². The van der Waals surface area contributed by atoms with Crippen LogP contribution in [0.2, 0.25) is 0 Å². The largest absolute Gasteiger partial charge is 0.375 e. The first-order chi connectivity index (χ1) is 9.58. The highest BCUT2D eigenvalue weighted by molar-refractivity contribution is 6.03. The summed E-state index contributed by atoms with van der Waals surface area (Å²) in [5.74, 6) is -0.244. The maximum atomic E-state index is 11.6. The molecule has 0 spiro atoms. The summed E-state index contributed by atoms with van der Waals surface area (Å²) in [6.45, 7) is -0.0702. The summed E-state index contributed by atoms with van der Waals surface area (Å²) in [5, 5.41) is 8.23. The monoisotopic (exact) mass is 283 g/mol. The quantitative estimate of drug-likeness (QED) is 0.601. The van der Waals surface area contributed by atoms with E-state index in [0.717, 1.165) is 4.90 Å². The molecule has 2 N–H and O–H groups in total. The van der Waals surface area contributed by atoms with Crippen molar-refractivity contribution in [2.45, 2.75) is 13.2 Å². The number of imide groups is 1. The minimum absolute atomic E-state index is 0.0649. The van der Waals surface area contributed by atoms with Crippen molar-refractivity contribution in [3.63, 3.8) is 0 Å². The van der Waals surface area contributed by atoms with Gasteiger partial charge in [-0.2, -0.15) is 4.98 Å². The van der Waals surface area contributed by atoms with Gasteiger partial charge in [0.15, 0.2) is 5.82 Å². The Labute approximate surface area is 113 Å². The van der Waals surface area contributed by atoms with Gasteiger partial charge in [0.2, 0.25) is 11.8 Å². The van der Waals surface area contributed by atoms with E-state index in [4.69, 9.17) is 9.26 Å². The van der Waals surface area contributed by atoms with Crippen LogP contribution in [0.3, 0.4) is 0 Å². The van der Waals surface area contributed by atoms with Crippen LogP contribution in [0.1, 0.15) is 11.7 Å². The molecular formula is C10H13N5O5. The van der Waals surface area contributed by atoms with Gasteiger partial charge < -0.3 is 19.5 Å². The number of amides is 4. The lowest BCUT2D eigenvalue weighted by molar-refractivity contribution is -0.122. The van der Waals surface area contributed by atoms with Gasteiger partial charge in [-0.15, -0.1) is 0 Å². The fraction of sp³-hybridized carbons (Fsp3) is 0.500. The minimum Gasteiger partial charge on any atom is -0.375 e. The summed E-state index contributed by atoms with van der Waals surface area (Å²) in [7, 11) is 1.49. The predicted molar refractivity (Wildman–Crippen MR) is 62.0 cm³/mol. The molecule has 1 aliphatic rings. The second-order valence-corrected chi connectivity index (χ2v) is 4.02. The number of carbonyl (C=O) groups is 3. The third-order valence-corrected chi connectivity index (χ3v) is 2.42. The Bertz CT molecular complexity index is 528. The molecule has 1 fully saturated rings. The molecule has 0 unspecified atom stereocenters. The lowest BCUT2D eigenvalue weighted by Crippen LogP contribution is -2.38. The third-order valence-electron chi connectivity index (χ3n) is 2.42. The van der Waals surface area contributed by atoms with E-state index in [9.17, 15) is 14.4 Å². The summed E-state index contributed by atoms with van der Waals surface area (Å²) < 4.78 is 9.66. The van der Waals surface area contributed by atoms with Crippen molar-refractivity contribution >= 4 is 17.8 Å². The zero-order valence-corrected chi connectivity index (χ0v) is 10.7. The molecule has 10 heteroatoms. The van der Waals surface area contributed by atoms with Crippen LogP contribution in [-0.4, -0.2) is 53.1 Å². The first-order valence-corrected chi connectivity index (χ1v) is 5.74. The molecule has 0 aliphatic carbocycles. The van der Waals surface area contributed by atoms with Crippen LogP contribution in [0.5, 0.6) is 0 Å². The minimum atomic E-state index is -0.577. The van der Waals surface area contributed by atoms with E-state index < -0.39 is 17.8 Å². The summed E-state index contributed by atoms with van der Waals surface area (Å²) in [6.07, 6.45) is 0. The van der Waals surface area contributed by atoms with Crippen molar-refractivity contribution in [3.8, 4) is 0 Å². The van der Waals surface area contributed by atoms with Gasteiger partial charge >= 0.3 is 6.03 Å². The molecule has 10 nitrogen and oxygen atoms in total. The summed E-state index contributed by atoms with van der Waals surface area (Å²) in [6, 6.07) is -0.577. The van der Waals surface area contributed by atoms with Crippen LogP contribution in [0.4, 0.5) is 4.79 Å². The van der Waals surface area contributed by atoms with Gasteiger partial charge in [0, 0.05) is 7.11 Å². The first kappa shape index (κ1) is 13.9. The van der Waals surface area contributed by atoms with E-state index in [1.165, 1.54) is 7.11 Å². The maximum absolute atomic E-state index is 11.6. The Morgan fingerprint density at radius 3 is 3.00 bits per heavy atom. The van der Waals surface area contributed by atoms with E-state index in [0.29, 0.717) is 11.7 Å². The fourth-order valence-electron chi connectivity index (χ4n) is 1.56. The van der Waals surface area contributed by atoms with Crippen molar-refractivity contribution in [1.29, 1.82) is 0 Å². The number of ether oxygens (including phenoxy) is 1. The molecule has 1 saturated heterocycles. The number of hydrogen-bond donors (Lipinski definition) is 2. The molecule has 0 aromatic carbocycles. The predicted octanol–water partition coefficient (Wildman–Crippen LogP) is -1.62. The molecular weight excluding hydrogens is 270 g/mol. The van der Waals surface area contributed by atoms with Crippen LogP contribution in [-0.2, 0) is 27.5 Å². The van der Waals surface area contributed by atoms with E-state index >= 15 is 0 Å². The van der Waals surface area contributed by atoms with Gasteiger partial charge in [0.1, 0.15) is 19.7 Å². The second-order valence-electron chi connectivity index (χ2n) is 4.02. The number of aromatic nitrogens is 2. The number of methoxy groups -OCH3 is 1. The Kier molecular flexibility index (Phi) is 4.25. The molecule has 0 atom stereocenters. The maximum Gasteiger partial charge on any atom is 0.325 e. The second kappa shape index (κ2) is 6.10. The topological polar surface area (TPSA) is 127 Å². The summed E-state index contributed by atoms with van der Waals surface area (Å²) >= 11 is 0. The number of nitrogens with one attached hydrogen (secondary N) is 2. The Morgan fingerprint density at radius 1 is 1.55 bits per heavy atom. The van der Waals surface area contributed by atoms with Gasteiger partial charge in [0.25, 0.3) is 5.89 Å². The van der Waals surface area contributed by atoms with E-state index in [2.05, 4.69) is 20.8 Å². The number of urea groups is 1. The highest BCUT2D eigenvalue weighted by Crippen LogP contribution is 1.99. The van der Waals surface area contributed by atoms with Crippen molar-refractivity contribution in [1.82, 2.24) is 25.7 Å². The number of nitrogens with zero attached hydrogens (tertiary/aromatic N) is 3. The Balaban J connectivity index is 1.77.